The molecule has 1 heterocycles. The van der Waals surface area contributed by atoms with Gasteiger partial charge in [0, 0.05) is 18.8 Å². The fourth-order valence-electron chi connectivity index (χ4n) is 3.30. The highest BCUT2D eigenvalue weighted by Gasteiger charge is 2.37. The zero-order valence-electron chi connectivity index (χ0n) is 12.5. The summed E-state index contributed by atoms with van der Waals surface area (Å²) < 4.78 is 6.14. The summed E-state index contributed by atoms with van der Waals surface area (Å²) in [4.78, 5) is 4.03. The van der Waals surface area contributed by atoms with Crippen molar-refractivity contribution < 1.29 is 4.74 Å². The molecule has 1 aromatic rings. The molecule has 1 aliphatic carbocycles. The van der Waals surface area contributed by atoms with Crippen molar-refractivity contribution in [3.63, 3.8) is 0 Å². The molecule has 0 radical (unpaired) electrons. The number of nitrogens with zero attached hydrogens (tertiary/aromatic N) is 1. The molecule has 0 bridgehead atoms. The number of hydrogen-bond donors (Lipinski definition) is 2. The SMILES string of the molecule is CCOC1(C(N)Cc2ccnc(N)c2)CCCCCC1. The first-order valence-corrected chi connectivity index (χ1v) is 7.76. The van der Waals surface area contributed by atoms with Crippen molar-refractivity contribution in [1.29, 1.82) is 0 Å². The highest BCUT2D eigenvalue weighted by Crippen LogP contribution is 2.34. The Morgan fingerprint density at radius 1 is 1.30 bits per heavy atom. The van der Waals surface area contributed by atoms with Crippen LogP contribution < -0.4 is 11.5 Å². The van der Waals surface area contributed by atoms with Crippen LogP contribution in [0.3, 0.4) is 0 Å². The van der Waals surface area contributed by atoms with Crippen molar-refractivity contribution in [2.75, 3.05) is 12.3 Å². The molecule has 4 heteroatoms. The predicted octanol–water partition coefficient (Wildman–Crippen LogP) is 2.66. The van der Waals surface area contributed by atoms with Gasteiger partial charge in [-0.15, -0.1) is 0 Å². The number of rotatable bonds is 5. The highest BCUT2D eigenvalue weighted by molar-refractivity contribution is 5.32. The molecule has 4 N–H and O–H groups in total. The minimum atomic E-state index is -0.163. The second kappa shape index (κ2) is 7.04. The van der Waals surface area contributed by atoms with E-state index in [1.807, 2.05) is 12.1 Å². The lowest BCUT2D eigenvalue weighted by Crippen LogP contribution is -2.51. The molecule has 1 saturated carbocycles. The Morgan fingerprint density at radius 3 is 2.60 bits per heavy atom. The van der Waals surface area contributed by atoms with Crippen molar-refractivity contribution >= 4 is 5.82 Å². The Kier molecular flexibility index (Phi) is 5.38. The molecule has 1 aromatic heterocycles. The van der Waals surface area contributed by atoms with Crippen LogP contribution in [0.4, 0.5) is 5.82 Å². The van der Waals surface area contributed by atoms with Gasteiger partial charge in [0.15, 0.2) is 0 Å². The highest BCUT2D eigenvalue weighted by atomic mass is 16.5. The molecule has 20 heavy (non-hydrogen) atoms. The molecule has 112 valence electrons. The summed E-state index contributed by atoms with van der Waals surface area (Å²) in [6.07, 6.45) is 9.71. The maximum Gasteiger partial charge on any atom is 0.123 e. The van der Waals surface area contributed by atoms with E-state index in [1.165, 1.54) is 25.7 Å². The van der Waals surface area contributed by atoms with E-state index in [-0.39, 0.29) is 11.6 Å². The predicted molar refractivity (Wildman–Crippen MR) is 82.4 cm³/mol. The van der Waals surface area contributed by atoms with Gasteiger partial charge in [-0.3, -0.25) is 0 Å². The van der Waals surface area contributed by atoms with Crippen molar-refractivity contribution in [2.45, 2.75) is 63.5 Å². The van der Waals surface area contributed by atoms with Crippen molar-refractivity contribution in [3.05, 3.63) is 23.9 Å². The molecule has 1 fully saturated rings. The standard InChI is InChI=1S/C16H27N3O/c1-2-20-16(8-5-3-4-6-9-16)14(17)11-13-7-10-19-15(18)12-13/h7,10,12,14H,2-6,8-9,11,17H2,1H3,(H2,18,19). The van der Waals surface area contributed by atoms with Crippen LogP contribution in [0.5, 0.6) is 0 Å². The maximum atomic E-state index is 6.53. The Bertz CT molecular complexity index is 414. The van der Waals surface area contributed by atoms with E-state index < -0.39 is 0 Å². The van der Waals surface area contributed by atoms with Gasteiger partial charge >= 0.3 is 0 Å². The van der Waals surface area contributed by atoms with Gasteiger partial charge < -0.3 is 16.2 Å². The zero-order chi connectivity index (χ0) is 14.4. The van der Waals surface area contributed by atoms with E-state index in [0.29, 0.717) is 5.82 Å². The van der Waals surface area contributed by atoms with E-state index in [4.69, 9.17) is 16.2 Å². The van der Waals surface area contributed by atoms with Gasteiger partial charge in [0.05, 0.1) is 5.60 Å². The molecule has 4 nitrogen and oxygen atoms in total. The van der Waals surface area contributed by atoms with Crippen LogP contribution in [-0.2, 0) is 11.2 Å². The monoisotopic (exact) mass is 277 g/mol. The molecule has 2 rings (SSSR count). The van der Waals surface area contributed by atoms with Gasteiger partial charge in [0.1, 0.15) is 5.82 Å². The second-order valence-corrected chi connectivity index (χ2v) is 5.81. The molecular weight excluding hydrogens is 250 g/mol. The number of pyridine rings is 1. The largest absolute Gasteiger partial charge is 0.384 e. The topological polar surface area (TPSA) is 74.2 Å². The number of anilines is 1. The minimum absolute atomic E-state index is 0.0161. The fourth-order valence-corrected chi connectivity index (χ4v) is 3.30. The zero-order valence-corrected chi connectivity index (χ0v) is 12.5. The van der Waals surface area contributed by atoms with E-state index >= 15 is 0 Å². The van der Waals surface area contributed by atoms with Crippen LogP contribution in [0.1, 0.15) is 51.0 Å². The molecule has 0 aromatic carbocycles. The molecular formula is C16H27N3O. The lowest BCUT2D eigenvalue weighted by molar-refractivity contribution is -0.0683. The normalized spacial score (nSPS) is 20.3. The smallest absolute Gasteiger partial charge is 0.123 e. The minimum Gasteiger partial charge on any atom is -0.384 e. The first kappa shape index (κ1) is 15.3. The molecule has 0 spiro atoms. The summed E-state index contributed by atoms with van der Waals surface area (Å²) in [5.41, 5.74) is 13.3. The third-order valence-corrected chi connectivity index (χ3v) is 4.36. The number of hydrogen-bond acceptors (Lipinski definition) is 4. The van der Waals surface area contributed by atoms with Gasteiger partial charge in [-0.05, 0) is 43.9 Å². The Labute approximate surface area is 121 Å². The number of nitrogens with two attached hydrogens (primary N) is 2. The van der Waals surface area contributed by atoms with Crippen LogP contribution in [0.2, 0.25) is 0 Å². The van der Waals surface area contributed by atoms with Crippen LogP contribution >= 0.6 is 0 Å². The van der Waals surface area contributed by atoms with Crippen LogP contribution in [0, 0.1) is 0 Å². The van der Waals surface area contributed by atoms with Gasteiger partial charge in [-0.25, -0.2) is 4.98 Å². The Morgan fingerprint density at radius 2 is 2.00 bits per heavy atom. The van der Waals surface area contributed by atoms with E-state index in [9.17, 15) is 0 Å². The van der Waals surface area contributed by atoms with Gasteiger partial charge in [0.25, 0.3) is 0 Å². The summed E-state index contributed by atoms with van der Waals surface area (Å²) >= 11 is 0. The van der Waals surface area contributed by atoms with E-state index in [0.717, 1.165) is 31.4 Å². The molecule has 1 atom stereocenters. The van der Waals surface area contributed by atoms with Crippen LogP contribution in [-0.4, -0.2) is 23.2 Å². The molecule has 1 aliphatic rings. The van der Waals surface area contributed by atoms with Gasteiger partial charge in [0.2, 0.25) is 0 Å². The third-order valence-electron chi connectivity index (χ3n) is 4.36. The van der Waals surface area contributed by atoms with Crippen LogP contribution in [0.25, 0.3) is 0 Å². The summed E-state index contributed by atoms with van der Waals surface area (Å²) in [7, 11) is 0. The lowest BCUT2D eigenvalue weighted by Gasteiger charge is -2.38. The van der Waals surface area contributed by atoms with Crippen molar-refractivity contribution in [3.8, 4) is 0 Å². The summed E-state index contributed by atoms with van der Waals surface area (Å²) in [5, 5.41) is 0. The molecule has 0 amide bonds. The summed E-state index contributed by atoms with van der Waals surface area (Å²) in [5.74, 6) is 0.557. The average Bonchev–Trinajstić information content (AvgIpc) is 2.66. The van der Waals surface area contributed by atoms with Gasteiger partial charge in [-0.1, -0.05) is 25.7 Å². The molecule has 1 unspecified atom stereocenters. The molecule has 0 saturated heterocycles. The quantitative estimate of drug-likeness (QED) is 0.811. The first-order chi connectivity index (χ1) is 9.66. The molecule has 0 aliphatic heterocycles. The Hall–Kier alpha value is -1.13. The third kappa shape index (κ3) is 3.70. The van der Waals surface area contributed by atoms with E-state index in [2.05, 4.69) is 11.9 Å². The number of nitrogen functional groups attached to an aromatic ring is 1. The maximum absolute atomic E-state index is 6.53. The van der Waals surface area contributed by atoms with E-state index in [1.54, 1.807) is 6.20 Å². The van der Waals surface area contributed by atoms with Gasteiger partial charge in [-0.2, -0.15) is 0 Å². The Balaban J connectivity index is 2.11. The van der Waals surface area contributed by atoms with Crippen molar-refractivity contribution in [1.82, 2.24) is 4.98 Å². The first-order valence-electron chi connectivity index (χ1n) is 7.76. The fraction of sp³-hybridized carbons (Fsp3) is 0.688. The lowest BCUT2D eigenvalue weighted by atomic mass is 9.83. The van der Waals surface area contributed by atoms with Crippen LogP contribution in [0.15, 0.2) is 18.3 Å². The average molecular weight is 277 g/mol. The van der Waals surface area contributed by atoms with Crippen molar-refractivity contribution in [2.24, 2.45) is 5.73 Å². The summed E-state index contributed by atoms with van der Waals surface area (Å²) in [6.45, 7) is 2.79. The summed E-state index contributed by atoms with van der Waals surface area (Å²) in [6, 6.07) is 3.92. The number of aromatic nitrogens is 1. The number of ether oxygens (including phenoxy) is 1. The second-order valence-electron chi connectivity index (χ2n) is 5.81.